The van der Waals surface area contributed by atoms with Gasteiger partial charge in [0.25, 0.3) is 11.8 Å². The summed E-state index contributed by atoms with van der Waals surface area (Å²) in [4.78, 5) is 29.6. The molecule has 8 heteroatoms. The molecule has 0 fully saturated rings. The Morgan fingerprint density at radius 1 is 0.550 bits per heavy atom. The first kappa shape index (κ1) is 28.0. The predicted octanol–water partition coefficient (Wildman–Crippen LogP) is 6.01. The Balaban J connectivity index is 1.51. The molecular formula is C32H34N4O4. The zero-order chi connectivity index (χ0) is 28.8. The summed E-state index contributed by atoms with van der Waals surface area (Å²) in [6, 6.07) is 25.9. The number of amides is 2. The zero-order valence-electron chi connectivity index (χ0n) is 23.6. The third-order valence-corrected chi connectivity index (χ3v) is 6.52. The minimum atomic E-state index is -0.227. The molecule has 0 radical (unpaired) electrons. The molecule has 0 unspecified atom stereocenters. The van der Waals surface area contributed by atoms with Crippen LogP contribution in [0.1, 0.15) is 20.7 Å². The van der Waals surface area contributed by atoms with Crippen molar-refractivity contribution >= 4 is 34.6 Å². The standard InChI is InChI=1S/C32H34N4O4/c1-35(2)25-13-7-21(8-14-25)31(37)33-27-17-11-23(19-29(27)39-5)24-12-18-28(30(20-24)40-6)34-32(38)22-9-15-26(16-10-22)36(3)4/h7-20H,1-6H3,(H,33,37)(H,34,38). The van der Waals surface area contributed by atoms with Crippen molar-refractivity contribution in [2.24, 2.45) is 0 Å². The fraction of sp³-hybridized carbons (Fsp3) is 0.188. The molecule has 0 saturated carbocycles. The van der Waals surface area contributed by atoms with Crippen molar-refractivity contribution < 1.29 is 19.1 Å². The van der Waals surface area contributed by atoms with E-state index in [0.717, 1.165) is 22.5 Å². The van der Waals surface area contributed by atoms with Crippen LogP contribution in [0.5, 0.6) is 11.5 Å². The number of nitrogens with one attached hydrogen (secondary N) is 2. The minimum absolute atomic E-state index is 0.227. The number of nitrogens with zero attached hydrogens (tertiary/aromatic N) is 2. The Morgan fingerprint density at radius 2 is 0.900 bits per heavy atom. The van der Waals surface area contributed by atoms with Crippen LogP contribution in [0.15, 0.2) is 84.9 Å². The van der Waals surface area contributed by atoms with E-state index in [0.29, 0.717) is 34.0 Å². The summed E-state index contributed by atoms with van der Waals surface area (Å²) < 4.78 is 11.2. The molecule has 0 bridgehead atoms. The third-order valence-electron chi connectivity index (χ3n) is 6.52. The highest BCUT2D eigenvalue weighted by molar-refractivity contribution is 6.06. The molecule has 40 heavy (non-hydrogen) atoms. The van der Waals surface area contributed by atoms with Crippen LogP contribution in [0.25, 0.3) is 11.1 Å². The Hall–Kier alpha value is -4.98. The van der Waals surface area contributed by atoms with Crippen LogP contribution in [-0.2, 0) is 0 Å². The quantitative estimate of drug-likeness (QED) is 0.272. The Kier molecular flexibility index (Phi) is 8.59. The van der Waals surface area contributed by atoms with Gasteiger partial charge in [-0.2, -0.15) is 0 Å². The lowest BCUT2D eigenvalue weighted by atomic mass is 10.0. The molecule has 2 N–H and O–H groups in total. The summed E-state index contributed by atoms with van der Waals surface area (Å²) in [5.41, 5.74) is 5.96. The molecule has 0 aliphatic rings. The molecule has 2 amide bonds. The van der Waals surface area contributed by atoms with Gasteiger partial charge < -0.3 is 29.9 Å². The molecule has 8 nitrogen and oxygen atoms in total. The summed E-state index contributed by atoms with van der Waals surface area (Å²) in [6.45, 7) is 0. The van der Waals surface area contributed by atoms with Gasteiger partial charge in [-0.1, -0.05) is 12.1 Å². The van der Waals surface area contributed by atoms with Crippen molar-refractivity contribution in [1.82, 2.24) is 0 Å². The highest BCUT2D eigenvalue weighted by Gasteiger charge is 2.14. The van der Waals surface area contributed by atoms with Crippen molar-refractivity contribution in [3.05, 3.63) is 96.1 Å². The topological polar surface area (TPSA) is 83.1 Å². The van der Waals surface area contributed by atoms with Crippen LogP contribution in [0.3, 0.4) is 0 Å². The number of methoxy groups -OCH3 is 2. The lowest BCUT2D eigenvalue weighted by Gasteiger charge is -2.15. The molecule has 0 saturated heterocycles. The highest BCUT2D eigenvalue weighted by atomic mass is 16.5. The lowest BCUT2D eigenvalue weighted by molar-refractivity contribution is 0.101. The number of anilines is 4. The molecule has 0 aliphatic carbocycles. The fourth-order valence-corrected chi connectivity index (χ4v) is 4.16. The smallest absolute Gasteiger partial charge is 0.255 e. The summed E-state index contributed by atoms with van der Waals surface area (Å²) in [5.74, 6) is 0.588. The maximum Gasteiger partial charge on any atom is 0.255 e. The second kappa shape index (κ2) is 12.3. The van der Waals surface area contributed by atoms with Crippen molar-refractivity contribution in [3.63, 3.8) is 0 Å². The van der Waals surface area contributed by atoms with E-state index in [-0.39, 0.29) is 11.8 Å². The Labute approximate surface area is 235 Å². The second-order valence-corrected chi connectivity index (χ2v) is 9.62. The van der Waals surface area contributed by atoms with E-state index in [1.54, 1.807) is 50.6 Å². The number of ether oxygens (including phenoxy) is 2. The summed E-state index contributed by atoms with van der Waals surface area (Å²) in [6.07, 6.45) is 0. The van der Waals surface area contributed by atoms with Crippen LogP contribution in [0.4, 0.5) is 22.7 Å². The van der Waals surface area contributed by atoms with Gasteiger partial charge >= 0.3 is 0 Å². The fourth-order valence-electron chi connectivity index (χ4n) is 4.16. The average molecular weight is 539 g/mol. The molecule has 0 aromatic heterocycles. The van der Waals surface area contributed by atoms with Gasteiger partial charge in [-0.15, -0.1) is 0 Å². The summed E-state index contributed by atoms with van der Waals surface area (Å²) in [5, 5.41) is 5.86. The number of hydrogen-bond donors (Lipinski definition) is 2. The summed E-state index contributed by atoms with van der Waals surface area (Å²) >= 11 is 0. The molecular weight excluding hydrogens is 504 g/mol. The van der Waals surface area contributed by atoms with Crippen molar-refractivity contribution in [2.45, 2.75) is 0 Å². The van der Waals surface area contributed by atoms with Crippen molar-refractivity contribution in [2.75, 3.05) is 62.8 Å². The number of rotatable bonds is 9. The molecule has 0 heterocycles. The second-order valence-electron chi connectivity index (χ2n) is 9.62. The average Bonchev–Trinajstić information content (AvgIpc) is 2.97. The molecule has 0 aliphatic heterocycles. The van der Waals surface area contributed by atoms with Crippen molar-refractivity contribution in [1.29, 1.82) is 0 Å². The maximum absolute atomic E-state index is 12.8. The molecule has 4 aromatic rings. The molecule has 4 rings (SSSR count). The molecule has 0 atom stereocenters. The van der Waals surface area contributed by atoms with Gasteiger partial charge in [-0.05, 0) is 83.9 Å². The van der Waals surface area contributed by atoms with E-state index in [1.165, 1.54) is 0 Å². The van der Waals surface area contributed by atoms with Gasteiger partial charge in [-0.3, -0.25) is 9.59 Å². The van der Waals surface area contributed by atoms with Gasteiger partial charge in [0.1, 0.15) is 11.5 Å². The lowest BCUT2D eigenvalue weighted by Crippen LogP contribution is -2.14. The van der Waals surface area contributed by atoms with E-state index >= 15 is 0 Å². The van der Waals surface area contributed by atoms with Gasteiger partial charge in [0.2, 0.25) is 0 Å². The van der Waals surface area contributed by atoms with Gasteiger partial charge in [0.15, 0.2) is 0 Å². The van der Waals surface area contributed by atoms with Crippen LogP contribution < -0.4 is 29.9 Å². The summed E-state index contributed by atoms with van der Waals surface area (Å²) in [7, 11) is 10.9. The van der Waals surface area contributed by atoms with Crippen LogP contribution in [0, 0.1) is 0 Å². The number of hydrogen-bond acceptors (Lipinski definition) is 6. The van der Waals surface area contributed by atoms with E-state index in [2.05, 4.69) is 10.6 Å². The zero-order valence-corrected chi connectivity index (χ0v) is 23.6. The normalized spacial score (nSPS) is 10.4. The molecule has 206 valence electrons. The van der Waals surface area contributed by atoms with Crippen LogP contribution >= 0.6 is 0 Å². The van der Waals surface area contributed by atoms with Crippen molar-refractivity contribution in [3.8, 4) is 22.6 Å². The molecule has 0 spiro atoms. The number of carbonyl (C=O) groups is 2. The van der Waals surface area contributed by atoms with Crippen LogP contribution in [0.2, 0.25) is 0 Å². The van der Waals surface area contributed by atoms with E-state index in [1.807, 2.05) is 86.5 Å². The SMILES string of the molecule is COc1cc(-c2ccc(NC(=O)c3ccc(N(C)C)cc3)c(OC)c2)ccc1NC(=O)c1ccc(N(C)C)cc1. The first-order valence-corrected chi connectivity index (χ1v) is 12.7. The van der Waals surface area contributed by atoms with Gasteiger partial charge in [-0.25, -0.2) is 0 Å². The first-order valence-electron chi connectivity index (χ1n) is 12.7. The van der Waals surface area contributed by atoms with E-state index in [9.17, 15) is 9.59 Å². The van der Waals surface area contributed by atoms with E-state index in [4.69, 9.17) is 9.47 Å². The first-order chi connectivity index (χ1) is 19.2. The Bertz CT molecular complexity index is 1380. The number of benzene rings is 4. The molecule has 4 aromatic carbocycles. The number of carbonyl (C=O) groups excluding carboxylic acids is 2. The minimum Gasteiger partial charge on any atom is -0.495 e. The highest BCUT2D eigenvalue weighted by Crippen LogP contribution is 2.35. The Morgan fingerprint density at radius 3 is 1.20 bits per heavy atom. The third kappa shape index (κ3) is 6.35. The van der Waals surface area contributed by atoms with Crippen LogP contribution in [-0.4, -0.2) is 54.2 Å². The maximum atomic E-state index is 12.8. The predicted molar refractivity (Wildman–Crippen MR) is 162 cm³/mol. The largest absolute Gasteiger partial charge is 0.495 e. The van der Waals surface area contributed by atoms with Gasteiger partial charge in [0.05, 0.1) is 25.6 Å². The van der Waals surface area contributed by atoms with E-state index < -0.39 is 0 Å². The monoisotopic (exact) mass is 538 g/mol. The van der Waals surface area contributed by atoms with Gasteiger partial charge in [0, 0.05) is 50.7 Å².